The van der Waals surface area contributed by atoms with Crippen LogP contribution in [0.2, 0.25) is 0 Å². The van der Waals surface area contributed by atoms with Gasteiger partial charge in [-0.2, -0.15) is 0 Å². The van der Waals surface area contributed by atoms with Gasteiger partial charge in [0.1, 0.15) is 5.75 Å². The van der Waals surface area contributed by atoms with Crippen LogP contribution < -0.4 is 9.46 Å². The van der Waals surface area contributed by atoms with Crippen LogP contribution in [0.4, 0.5) is 5.69 Å². The van der Waals surface area contributed by atoms with Crippen LogP contribution >= 0.6 is 0 Å². The van der Waals surface area contributed by atoms with E-state index in [9.17, 15) is 13.2 Å². The summed E-state index contributed by atoms with van der Waals surface area (Å²) in [5.74, 6) is 0.193. The maximum atomic E-state index is 12.8. The number of anilines is 1. The predicted molar refractivity (Wildman–Crippen MR) is 97.6 cm³/mol. The summed E-state index contributed by atoms with van der Waals surface area (Å²) in [4.78, 5) is 13.9. The molecule has 0 aromatic heterocycles. The summed E-state index contributed by atoms with van der Waals surface area (Å²) in [6.45, 7) is 4.08. The topological polar surface area (TPSA) is 75.7 Å². The number of nitrogens with one attached hydrogen (secondary N) is 1. The number of hydrogen-bond donors (Lipinski definition) is 1. The van der Waals surface area contributed by atoms with E-state index < -0.39 is 10.0 Å². The fourth-order valence-electron chi connectivity index (χ4n) is 2.32. The number of amides is 1. The fourth-order valence-corrected chi connectivity index (χ4v) is 3.66. The standard InChI is InChI=1S/C18H22N2O4S/c1-5-20(3)18(21)14-11-10-13(2)17(12-14)25(22,23)19-15-8-6-7-9-16(15)24-4/h6-12,19H,5H2,1-4H3. The molecule has 0 radical (unpaired) electrons. The van der Waals surface area contributed by atoms with Gasteiger partial charge in [0.25, 0.3) is 15.9 Å². The molecule has 0 unspecified atom stereocenters. The van der Waals surface area contributed by atoms with Gasteiger partial charge in [0.05, 0.1) is 17.7 Å². The van der Waals surface area contributed by atoms with Crippen LogP contribution in [0.25, 0.3) is 0 Å². The maximum Gasteiger partial charge on any atom is 0.262 e. The first kappa shape index (κ1) is 18.8. The monoisotopic (exact) mass is 362 g/mol. The number of nitrogens with zero attached hydrogens (tertiary/aromatic N) is 1. The van der Waals surface area contributed by atoms with Crippen LogP contribution in [0.15, 0.2) is 47.4 Å². The smallest absolute Gasteiger partial charge is 0.262 e. The third-order valence-corrected chi connectivity index (χ3v) is 5.40. The molecule has 2 rings (SSSR count). The Morgan fingerprint density at radius 3 is 2.52 bits per heavy atom. The van der Waals surface area contributed by atoms with Crippen molar-refractivity contribution in [3.8, 4) is 5.75 Å². The summed E-state index contributed by atoms with van der Waals surface area (Å²) in [5, 5.41) is 0. The van der Waals surface area contributed by atoms with E-state index in [1.165, 1.54) is 18.1 Å². The molecule has 0 aliphatic carbocycles. The van der Waals surface area contributed by atoms with Crippen molar-refractivity contribution in [2.45, 2.75) is 18.7 Å². The number of ether oxygens (including phenoxy) is 1. The Hall–Kier alpha value is -2.54. The number of rotatable bonds is 6. The van der Waals surface area contributed by atoms with Gasteiger partial charge < -0.3 is 9.64 Å². The van der Waals surface area contributed by atoms with Crippen molar-refractivity contribution in [3.05, 3.63) is 53.6 Å². The van der Waals surface area contributed by atoms with Crippen molar-refractivity contribution in [2.75, 3.05) is 25.4 Å². The van der Waals surface area contributed by atoms with Crippen LogP contribution in [0.1, 0.15) is 22.8 Å². The number of aryl methyl sites for hydroxylation is 1. The van der Waals surface area contributed by atoms with Crippen molar-refractivity contribution >= 4 is 21.6 Å². The Balaban J connectivity index is 2.44. The second kappa shape index (κ2) is 7.57. The number of benzene rings is 2. The molecular weight excluding hydrogens is 340 g/mol. The third kappa shape index (κ3) is 4.11. The number of carbonyl (C=O) groups is 1. The number of methoxy groups -OCH3 is 1. The van der Waals surface area contributed by atoms with Crippen LogP contribution in [0.3, 0.4) is 0 Å². The van der Waals surface area contributed by atoms with Gasteiger partial charge in [0.15, 0.2) is 0 Å². The lowest BCUT2D eigenvalue weighted by Gasteiger charge is -2.17. The lowest BCUT2D eigenvalue weighted by molar-refractivity contribution is 0.0802. The molecule has 0 aliphatic heterocycles. The molecule has 1 amide bonds. The molecule has 2 aromatic rings. The number of para-hydroxylation sites is 2. The molecule has 0 saturated heterocycles. The van der Waals surface area contributed by atoms with Gasteiger partial charge in [-0.05, 0) is 43.7 Å². The average molecular weight is 362 g/mol. The van der Waals surface area contributed by atoms with Gasteiger partial charge in [0.2, 0.25) is 0 Å². The van der Waals surface area contributed by atoms with Gasteiger partial charge in [-0.3, -0.25) is 9.52 Å². The first-order valence-electron chi connectivity index (χ1n) is 7.82. The molecule has 0 bridgehead atoms. The second-order valence-electron chi connectivity index (χ2n) is 5.61. The highest BCUT2D eigenvalue weighted by Gasteiger charge is 2.21. The highest BCUT2D eigenvalue weighted by molar-refractivity contribution is 7.92. The van der Waals surface area contributed by atoms with Gasteiger partial charge in [-0.15, -0.1) is 0 Å². The summed E-state index contributed by atoms with van der Waals surface area (Å²) in [6.07, 6.45) is 0. The molecule has 6 nitrogen and oxygen atoms in total. The fraction of sp³-hybridized carbons (Fsp3) is 0.278. The van der Waals surface area contributed by atoms with E-state index in [-0.39, 0.29) is 10.8 Å². The van der Waals surface area contributed by atoms with Gasteiger partial charge in [0, 0.05) is 19.2 Å². The van der Waals surface area contributed by atoms with Gasteiger partial charge in [-0.1, -0.05) is 18.2 Å². The minimum absolute atomic E-state index is 0.0637. The zero-order chi connectivity index (χ0) is 18.6. The molecule has 7 heteroatoms. The molecule has 0 fully saturated rings. The zero-order valence-corrected chi connectivity index (χ0v) is 15.6. The largest absolute Gasteiger partial charge is 0.495 e. The molecule has 134 valence electrons. The number of sulfonamides is 1. The maximum absolute atomic E-state index is 12.8. The minimum atomic E-state index is -3.87. The molecule has 0 atom stereocenters. The third-order valence-electron chi connectivity index (χ3n) is 3.90. The molecule has 0 saturated carbocycles. The van der Waals surface area contributed by atoms with E-state index in [1.807, 2.05) is 6.92 Å². The van der Waals surface area contributed by atoms with Crippen molar-refractivity contribution in [2.24, 2.45) is 0 Å². The SMILES string of the molecule is CCN(C)C(=O)c1ccc(C)c(S(=O)(=O)Nc2ccccc2OC)c1. The van der Waals surface area contributed by atoms with Crippen molar-refractivity contribution in [1.29, 1.82) is 0 Å². The van der Waals surface area contributed by atoms with E-state index >= 15 is 0 Å². The zero-order valence-electron chi connectivity index (χ0n) is 14.7. The van der Waals surface area contributed by atoms with Gasteiger partial charge in [-0.25, -0.2) is 8.42 Å². The molecule has 0 aliphatic rings. The molecule has 25 heavy (non-hydrogen) atoms. The quantitative estimate of drug-likeness (QED) is 0.857. The Bertz CT molecular complexity index is 878. The van der Waals surface area contributed by atoms with E-state index in [2.05, 4.69) is 4.72 Å². The van der Waals surface area contributed by atoms with Crippen LogP contribution in [0.5, 0.6) is 5.75 Å². The summed E-state index contributed by atoms with van der Waals surface area (Å²) in [7, 11) is -0.725. The van der Waals surface area contributed by atoms with Crippen LogP contribution in [-0.4, -0.2) is 39.9 Å². The van der Waals surface area contributed by atoms with E-state index in [0.717, 1.165) is 0 Å². The summed E-state index contributed by atoms with van der Waals surface area (Å²) >= 11 is 0. The van der Waals surface area contributed by atoms with Crippen LogP contribution in [-0.2, 0) is 10.0 Å². The van der Waals surface area contributed by atoms with Crippen LogP contribution in [0, 0.1) is 6.92 Å². The Morgan fingerprint density at radius 2 is 1.88 bits per heavy atom. The van der Waals surface area contributed by atoms with Gasteiger partial charge >= 0.3 is 0 Å². The van der Waals surface area contributed by atoms with Crippen molar-refractivity contribution < 1.29 is 17.9 Å². The normalized spacial score (nSPS) is 11.0. The highest BCUT2D eigenvalue weighted by Crippen LogP contribution is 2.27. The molecule has 2 aromatic carbocycles. The average Bonchev–Trinajstić information content (AvgIpc) is 2.60. The van der Waals surface area contributed by atoms with E-state index in [0.29, 0.717) is 29.1 Å². The Labute approximate surface area is 148 Å². The number of carbonyl (C=O) groups excluding carboxylic acids is 1. The Kier molecular flexibility index (Phi) is 5.69. The van der Waals surface area contributed by atoms with Crippen molar-refractivity contribution in [3.63, 3.8) is 0 Å². The predicted octanol–water partition coefficient (Wildman–Crippen LogP) is 2.90. The first-order chi connectivity index (χ1) is 11.8. The number of hydrogen-bond acceptors (Lipinski definition) is 4. The first-order valence-corrected chi connectivity index (χ1v) is 9.30. The lowest BCUT2D eigenvalue weighted by atomic mass is 10.1. The summed E-state index contributed by atoms with van der Waals surface area (Å²) in [6, 6.07) is 11.4. The molecule has 0 heterocycles. The highest BCUT2D eigenvalue weighted by atomic mass is 32.2. The van der Waals surface area contributed by atoms with Crippen molar-refractivity contribution in [1.82, 2.24) is 4.90 Å². The second-order valence-corrected chi connectivity index (χ2v) is 7.26. The van der Waals surface area contributed by atoms with E-state index in [1.54, 1.807) is 50.4 Å². The lowest BCUT2D eigenvalue weighted by Crippen LogP contribution is -2.26. The molecule has 1 N–H and O–H groups in total. The van der Waals surface area contributed by atoms with E-state index in [4.69, 9.17) is 4.74 Å². The Morgan fingerprint density at radius 1 is 1.20 bits per heavy atom. The molecular formula is C18H22N2O4S. The summed E-state index contributed by atoms with van der Waals surface area (Å²) in [5.41, 5.74) is 1.22. The summed E-state index contributed by atoms with van der Waals surface area (Å²) < 4.78 is 33.3. The molecule has 0 spiro atoms. The minimum Gasteiger partial charge on any atom is -0.495 e.